The predicted molar refractivity (Wildman–Crippen MR) is 100 cm³/mol. The molecule has 3 heterocycles. The number of aromatic nitrogens is 2. The molecule has 2 aromatic carbocycles. The molecule has 1 aliphatic heterocycles. The topological polar surface area (TPSA) is 83.5 Å². The second kappa shape index (κ2) is 6.31. The molecule has 0 saturated carbocycles. The normalized spacial score (nSPS) is 15.6. The van der Waals surface area contributed by atoms with E-state index in [-0.39, 0.29) is 6.10 Å². The van der Waals surface area contributed by atoms with E-state index in [9.17, 15) is 5.26 Å². The Hall–Kier alpha value is -3.56. The quantitative estimate of drug-likeness (QED) is 0.542. The van der Waals surface area contributed by atoms with Crippen LogP contribution < -0.4 is 9.47 Å². The van der Waals surface area contributed by atoms with Crippen molar-refractivity contribution in [3.8, 4) is 23.3 Å². The standard InChI is InChI=1S/C21H15N3O3/c22-10-14-8-17-19(9-21(14)26-12-16-11-25-16)24-6-4-20(17)27-15-1-2-18-13(7-15)3-5-23-18/h1-9,16,23H,11-12H2. The lowest BCUT2D eigenvalue weighted by Gasteiger charge is -2.11. The van der Waals surface area contributed by atoms with Crippen LogP contribution in [-0.4, -0.2) is 29.3 Å². The van der Waals surface area contributed by atoms with Crippen LogP contribution >= 0.6 is 0 Å². The molecule has 2 aromatic heterocycles. The van der Waals surface area contributed by atoms with Gasteiger partial charge < -0.3 is 19.2 Å². The van der Waals surface area contributed by atoms with Crippen LogP contribution in [-0.2, 0) is 4.74 Å². The Bertz CT molecular complexity index is 1190. The summed E-state index contributed by atoms with van der Waals surface area (Å²) in [6.07, 6.45) is 3.70. The van der Waals surface area contributed by atoms with Gasteiger partial charge in [0, 0.05) is 34.7 Å². The summed E-state index contributed by atoms with van der Waals surface area (Å²) in [7, 11) is 0. The molecule has 1 N–H and O–H groups in total. The van der Waals surface area contributed by atoms with Gasteiger partial charge in [-0.15, -0.1) is 0 Å². The third-order valence-corrected chi connectivity index (χ3v) is 4.50. The third-order valence-electron chi connectivity index (χ3n) is 4.50. The molecule has 4 aromatic rings. The van der Waals surface area contributed by atoms with Crippen LogP contribution in [0.4, 0.5) is 0 Å². The van der Waals surface area contributed by atoms with Crippen molar-refractivity contribution in [1.82, 2.24) is 9.97 Å². The largest absolute Gasteiger partial charge is 0.489 e. The van der Waals surface area contributed by atoms with E-state index in [0.717, 1.165) is 22.0 Å². The summed E-state index contributed by atoms with van der Waals surface area (Å²) in [6, 6.07) is 15.4. The van der Waals surface area contributed by atoms with E-state index in [4.69, 9.17) is 14.2 Å². The molecule has 6 nitrogen and oxygen atoms in total. The van der Waals surface area contributed by atoms with E-state index in [1.807, 2.05) is 30.5 Å². The maximum Gasteiger partial charge on any atom is 0.139 e. The highest BCUT2D eigenvalue weighted by Crippen LogP contribution is 2.34. The fourth-order valence-electron chi connectivity index (χ4n) is 3.01. The van der Waals surface area contributed by atoms with E-state index in [1.165, 1.54) is 0 Å². The molecule has 5 rings (SSSR count). The first-order valence-electron chi connectivity index (χ1n) is 8.62. The second-order valence-electron chi connectivity index (χ2n) is 6.38. The van der Waals surface area contributed by atoms with Crippen molar-refractivity contribution in [2.75, 3.05) is 13.2 Å². The van der Waals surface area contributed by atoms with Gasteiger partial charge in [-0.25, -0.2) is 0 Å². The predicted octanol–water partition coefficient (Wildman–Crippen LogP) is 4.16. The van der Waals surface area contributed by atoms with E-state index in [0.29, 0.717) is 35.8 Å². The van der Waals surface area contributed by atoms with E-state index < -0.39 is 0 Å². The second-order valence-corrected chi connectivity index (χ2v) is 6.38. The molecule has 0 radical (unpaired) electrons. The Balaban J connectivity index is 1.52. The van der Waals surface area contributed by atoms with E-state index >= 15 is 0 Å². The van der Waals surface area contributed by atoms with Crippen molar-refractivity contribution in [3.63, 3.8) is 0 Å². The van der Waals surface area contributed by atoms with Gasteiger partial charge in [0.15, 0.2) is 0 Å². The molecule has 6 heteroatoms. The van der Waals surface area contributed by atoms with Crippen molar-refractivity contribution in [3.05, 3.63) is 60.4 Å². The van der Waals surface area contributed by atoms with Gasteiger partial charge in [0.25, 0.3) is 0 Å². The lowest BCUT2D eigenvalue weighted by atomic mass is 10.1. The summed E-state index contributed by atoms with van der Waals surface area (Å²) < 4.78 is 17.0. The Morgan fingerprint density at radius 1 is 1.19 bits per heavy atom. The third kappa shape index (κ3) is 3.05. The first-order chi connectivity index (χ1) is 13.3. The summed E-state index contributed by atoms with van der Waals surface area (Å²) in [5.74, 6) is 1.88. The Morgan fingerprint density at radius 3 is 2.96 bits per heavy atom. The van der Waals surface area contributed by atoms with Gasteiger partial charge in [-0.1, -0.05) is 0 Å². The van der Waals surface area contributed by atoms with Crippen LogP contribution in [0.1, 0.15) is 5.56 Å². The fourth-order valence-corrected chi connectivity index (χ4v) is 3.01. The van der Waals surface area contributed by atoms with Gasteiger partial charge >= 0.3 is 0 Å². The van der Waals surface area contributed by atoms with Gasteiger partial charge in [0.05, 0.1) is 17.7 Å². The number of pyridine rings is 1. The summed E-state index contributed by atoms with van der Waals surface area (Å²) >= 11 is 0. The van der Waals surface area contributed by atoms with Crippen LogP contribution in [0.5, 0.6) is 17.2 Å². The lowest BCUT2D eigenvalue weighted by Crippen LogP contribution is -2.05. The van der Waals surface area contributed by atoms with Crippen LogP contribution in [0.2, 0.25) is 0 Å². The van der Waals surface area contributed by atoms with E-state index in [2.05, 4.69) is 16.0 Å². The number of epoxide rings is 1. The van der Waals surface area contributed by atoms with E-state index in [1.54, 1.807) is 24.4 Å². The number of nitrogens with zero attached hydrogens (tertiary/aromatic N) is 2. The maximum atomic E-state index is 9.51. The Labute approximate surface area is 154 Å². The number of fused-ring (bicyclic) bond motifs is 2. The number of hydrogen-bond donors (Lipinski definition) is 1. The Kier molecular flexibility index (Phi) is 3.66. The van der Waals surface area contributed by atoms with Gasteiger partial charge in [-0.05, 0) is 36.4 Å². The summed E-state index contributed by atoms with van der Waals surface area (Å²) in [6.45, 7) is 1.14. The molecule has 1 fully saturated rings. The highest BCUT2D eigenvalue weighted by atomic mass is 16.6. The molecule has 1 unspecified atom stereocenters. The summed E-state index contributed by atoms with van der Waals surface area (Å²) in [4.78, 5) is 7.56. The van der Waals surface area contributed by atoms with Crippen molar-refractivity contribution < 1.29 is 14.2 Å². The number of ether oxygens (including phenoxy) is 3. The van der Waals surface area contributed by atoms with Gasteiger partial charge in [0.1, 0.15) is 36.0 Å². The minimum absolute atomic E-state index is 0.123. The van der Waals surface area contributed by atoms with Crippen LogP contribution in [0.3, 0.4) is 0 Å². The van der Waals surface area contributed by atoms with Crippen LogP contribution in [0.25, 0.3) is 21.8 Å². The number of nitrogens with one attached hydrogen (secondary N) is 1. The minimum Gasteiger partial charge on any atom is -0.489 e. The zero-order chi connectivity index (χ0) is 18.2. The molecule has 132 valence electrons. The van der Waals surface area contributed by atoms with Crippen molar-refractivity contribution in [2.24, 2.45) is 0 Å². The monoisotopic (exact) mass is 357 g/mol. The zero-order valence-corrected chi connectivity index (χ0v) is 14.3. The smallest absolute Gasteiger partial charge is 0.139 e. The zero-order valence-electron chi connectivity index (χ0n) is 14.3. The molecule has 0 amide bonds. The average Bonchev–Trinajstić information content (AvgIpc) is 3.41. The SMILES string of the molecule is N#Cc1cc2c(Oc3ccc4[nH]ccc4c3)ccnc2cc1OCC1CO1. The van der Waals surface area contributed by atoms with Crippen molar-refractivity contribution in [1.29, 1.82) is 5.26 Å². The molecular formula is C21H15N3O3. The van der Waals surface area contributed by atoms with Gasteiger partial charge in [-0.2, -0.15) is 5.26 Å². The van der Waals surface area contributed by atoms with Gasteiger partial charge in [0.2, 0.25) is 0 Å². The molecule has 1 saturated heterocycles. The molecule has 1 aliphatic rings. The van der Waals surface area contributed by atoms with Crippen molar-refractivity contribution in [2.45, 2.75) is 6.10 Å². The Morgan fingerprint density at radius 2 is 2.11 bits per heavy atom. The number of benzene rings is 2. The highest BCUT2D eigenvalue weighted by molar-refractivity contribution is 5.88. The number of hydrogen-bond acceptors (Lipinski definition) is 5. The number of nitriles is 1. The van der Waals surface area contributed by atoms with Gasteiger partial charge in [-0.3, -0.25) is 4.98 Å². The molecule has 1 atom stereocenters. The average molecular weight is 357 g/mol. The number of aromatic amines is 1. The van der Waals surface area contributed by atoms with Crippen LogP contribution in [0.15, 0.2) is 54.9 Å². The molecular weight excluding hydrogens is 342 g/mol. The first kappa shape index (κ1) is 15.7. The molecule has 0 bridgehead atoms. The molecule has 0 spiro atoms. The first-order valence-corrected chi connectivity index (χ1v) is 8.62. The lowest BCUT2D eigenvalue weighted by molar-refractivity contribution is 0.262. The molecule has 27 heavy (non-hydrogen) atoms. The fraction of sp³-hybridized carbons (Fsp3) is 0.143. The summed E-state index contributed by atoms with van der Waals surface area (Å²) in [5.41, 5.74) is 2.21. The number of H-pyrrole nitrogens is 1. The summed E-state index contributed by atoms with van der Waals surface area (Å²) in [5, 5.41) is 11.3. The van der Waals surface area contributed by atoms with Crippen LogP contribution in [0, 0.1) is 11.3 Å². The van der Waals surface area contributed by atoms with Crippen molar-refractivity contribution >= 4 is 21.8 Å². The minimum atomic E-state index is 0.123. The molecule has 0 aliphatic carbocycles. The number of rotatable bonds is 5. The maximum absolute atomic E-state index is 9.51. The highest BCUT2D eigenvalue weighted by Gasteiger charge is 2.24.